The summed E-state index contributed by atoms with van der Waals surface area (Å²) in [4.78, 5) is 16.0. The van der Waals surface area contributed by atoms with Crippen LogP contribution >= 0.6 is 0 Å². The summed E-state index contributed by atoms with van der Waals surface area (Å²) in [6.45, 7) is 5.02. The van der Waals surface area contributed by atoms with E-state index in [1.54, 1.807) is 6.20 Å². The number of pyridine rings is 1. The maximum absolute atomic E-state index is 12.0. The van der Waals surface area contributed by atoms with Crippen molar-refractivity contribution in [3.8, 4) is 11.1 Å². The summed E-state index contributed by atoms with van der Waals surface area (Å²) in [7, 11) is 0. The van der Waals surface area contributed by atoms with E-state index in [1.165, 1.54) is 0 Å². The van der Waals surface area contributed by atoms with Gasteiger partial charge in [0.15, 0.2) is 0 Å². The molecule has 0 fully saturated rings. The Bertz CT molecular complexity index is 547. The van der Waals surface area contributed by atoms with E-state index in [4.69, 9.17) is 0 Å². The molecule has 1 aromatic carbocycles. The molecule has 2 aromatic rings. The van der Waals surface area contributed by atoms with Gasteiger partial charge in [-0.15, -0.1) is 0 Å². The van der Waals surface area contributed by atoms with Gasteiger partial charge in [-0.05, 0) is 41.7 Å². The number of nitrogens with zero attached hydrogens (tertiary/aromatic N) is 1. The van der Waals surface area contributed by atoms with Crippen LogP contribution in [0.1, 0.15) is 30.6 Å². The van der Waals surface area contributed by atoms with E-state index in [-0.39, 0.29) is 5.91 Å². The second-order valence-electron chi connectivity index (χ2n) is 5.26. The molecule has 0 aliphatic rings. The molecule has 0 saturated carbocycles. The van der Waals surface area contributed by atoms with E-state index in [2.05, 4.69) is 24.1 Å². The van der Waals surface area contributed by atoms with Gasteiger partial charge in [0.25, 0.3) is 5.91 Å². The van der Waals surface area contributed by atoms with E-state index in [1.807, 2.05) is 42.6 Å². The number of carbonyl (C=O) groups excluding carboxylic acids is 1. The summed E-state index contributed by atoms with van der Waals surface area (Å²) in [5.41, 5.74) is 2.82. The van der Waals surface area contributed by atoms with E-state index in [9.17, 15) is 4.79 Å². The highest BCUT2D eigenvalue weighted by Gasteiger charge is 2.05. The average molecular weight is 268 g/mol. The van der Waals surface area contributed by atoms with Gasteiger partial charge in [0.1, 0.15) is 0 Å². The van der Waals surface area contributed by atoms with Gasteiger partial charge in [-0.2, -0.15) is 0 Å². The number of nitrogens with one attached hydrogen (secondary N) is 1. The number of benzene rings is 1. The molecule has 0 aliphatic heterocycles. The fraction of sp³-hybridized carbons (Fsp3) is 0.294. The first-order valence-corrected chi connectivity index (χ1v) is 6.95. The van der Waals surface area contributed by atoms with Gasteiger partial charge in [-0.3, -0.25) is 9.78 Å². The summed E-state index contributed by atoms with van der Waals surface area (Å²) in [5.74, 6) is 0.589. The summed E-state index contributed by atoms with van der Waals surface area (Å²) >= 11 is 0. The van der Waals surface area contributed by atoms with Gasteiger partial charge in [-0.1, -0.05) is 32.0 Å². The van der Waals surface area contributed by atoms with Crippen LogP contribution in [0.5, 0.6) is 0 Å². The Labute approximate surface area is 120 Å². The van der Waals surface area contributed by atoms with Crippen LogP contribution in [0.15, 0.2) is 48.8 Å². The van der Waals surface area contributed by atoms with Crippen LogP contribution in [-0.2, 0) is 0 Å². The zero-order chi connectivity index (χ0) is 14.4. The lowest BCUT2D eigenvalue weighted by Crippen LogP contribution is -2.25. The summed E-state index contributed by atoms with van der Waals surface area (Å²) in [5, 5.41) is 2.94. The molecule has 0 aliphatic carbocycles. The van der Waals surface area contributed by atoms with Crippen molar-refractivity contribution in [2.75, 3.05) is 6.54 Å². The van der Waals surface area contributed by atoms with E-state index in [0.717, 1.165) is 24.1 Å². The quantitative estimate of drug-likeness (QED) is 0.901. The second kappa shape index (κ2) is 6.85. The molecule has 0 radical (unpaired) electrons. The molecule has 0 bridgehead atoms. The molecule has 0 saturated heterocycles. The monoisotopic (exact) mass is 268 g/mol. The molecular weight excluding hydrogens is 248 g/mol. The van der Waals surface area contributed by atoms with Crippen molar-refractivity contribution < 1.29 is 4.79 Å². The first-order valence-electron chi connectivity index (χ1n) is 6.95. The minimum absolute atomic E-state index is 0.0108. The highest BCUT2D eigenvalue weighted by molar-refractivity contribution is 5.94. The molecule has 0 unspecified atom stereocenters. The molecule has 1 amide bonds. The van der Waals surface area contributed by atoms with Crippen LogP contribution in [-0.4, -0.2) is 17.4 Å². The third kappa shape index (κ3) is 3.92. The molecule has 0 atom stereocenters. The van der Waals surface area contributed by atoms with Gasteiger partial charge >= 0.3 is 0 Å². The Hall–Kier alpha value is -2.16. The third-order valence-electron chi connectivity index (χ3n) is 3.15. The Morgan fingerprint density at radius 3 is 2.50 bits per heavy atom. The van der Waals surface area contributed by atoms with Crippen LogP contribution in [0.4, 0.5) is 0 Å². The number of hydrogen-bond acceptors (Lipinski definition) is 2. The van der Waals surface area contributed by atoms with Crippen molar-refractivity contribution in [1.29, 1.82) is 0 Å². The molecule has 1 aromatic heterocycles. The predicted octanol–water partition coefficient (Wildman–Crippen LogP) is 3.52. The van der Waals surface area contributed by atoms with Gasteiger partial charge in [0.2, 0.25) is 0 Å². The summed E-state index contributed by atoms with van der Waals surface area (Å²) in [6, 6.07) is 11.5. The standard InChI is InChI=1S/C17H20N2O/c1-13(2)9-11-19-17(20)15-7-5-14(6-8-15)16-4-3-10-18-12-16/h3-8,10,12-13H,9,11H2,1-2H3,(H,19,20). The second-order valence-corrected chi connectivity index (χ2v) is 5.26. The van der Waals surface area contributed by atoms with E-state index >= 15 is 0 Å². The predicted molar refractivity (Wildman–Crippen MR) is 81.5 cm³/mol. The van der Waals surface area contributed by atoms with Gasteiger partial charge < -0.3 is 5.32 Å². The largest absolute Gasteiger partial charge is 0.352 e. The molecule has 3 nitrogen and oxygen atoms in total. The number of rotatable bonds is 5. The van der Waals surface area contributed by atoms with E-state index < -0.39 is 0 Å². The molecule has 104 valence electrons. The molecule has 0 spiro atoms. The lowest BCUT2D eigenvalue weighted by atomic mass is 10.1. The number of amides is 1. The smallest absolute Gasteiger partial charge is 0.251 e. The zero-order valence-corrected chi connectivity index (χ0v) is 12.0. The normalized spacial score (nSPS) is 10.6. The third-order valence-corrected chi connectivity index (χ3v) is 3.15. The van der Waals surface area contributed by atoms with Crippen molar-refractivity contribution in [3.63, 3.8) is 0 Å². The Morgan fingerprint density at radius 1 is 1.15 bits per heavy atom. The van der Waals surface area contributed by atoms with E-state index in [0.29, 0.717) is 11.5 Å². The first kappa shape index (κ1) is 14.3. The van der Waals surface area contributed by atoms with Crippen molar-refractivity contribution >= 4 is 5.91 Å². The number of hydrogen-bond donors (Lipinski definition) is 1. The minimum atomic E-state index is -0.0108. The lowest BCUT2D eigenvalue weighted by Gasteiger charge is -2.08. The fourth-order valence-electron chi connectivity index (χ4n) is 1.92. The van der Waals surface area contributed by atoms with Crippen molar-refractivity contribution in [1.82, 2.24) is 10.3 Å². The molecular formula is C17H20N2O. The Kier molecular flexibility index (Phi) is 4.88. The summed E-state index contributed by atoms with van der Waals surface area (Å²) < 4.78 is 0. The number of aromatic nitrogens is 1. The molecule has 1 N–H and O–H groups in total. The lowest BCUT2D eigenvalue weighted by molar-refractivity contribution is 0.0952. The van der Waals surface area contributed by atoms with Crippen LogP contribution in [0.2, 0.25) is 0 Å². The zero-order valence-electron chi connectivity index (χ0n) is 12.0. The van der Waals surface area contributed by atoms with Crippen molar-refractivity contribution in [2.24, 2.45) is 5.92 Å². The van der Waals surface area contributed by atoms with Crippen molar-refractivity contribution in [2.45, 2.75) is 20.3 Å². The average Bonchev–Trinajstić information content (AvgIpc) is 2.48. The van der Waals surface area contributed by atoms with Crippen molar-refractivity contribution in [3.05, 3.63) is 54.4 Å². The van der Waals surface area contributed by atoms with Crippen LogP contribution in [0.3, 0.4) is 0 Å². The Morgan fingerprint density at radius 2 is 1.90 bits per heavy atom. The van der Waals surface area contributed by atoms with Gasteiger partial charge in [0, 0.05) is 24.5 Å². The number of carbonyl (C=O) groups is 1. The molecule has 3 heteroatoms. The fourth-order valence-corrected chi connectivity index (χ4v) is 1.92. The Balaban J connectivity index is 1.99. The van der Waals surface area contributed by atoms with Crippen LogP contribution in [0, 0.1) is 5.92 Å². The SMILES string of the molecule is CC(C)CCNC(=O)c1ccc(-c2cccnc2)cc1. The molecule has 20 heavy (non-hydrogen) atoms. The van der Waals surface area contributed by atoms with Crippen LogP contribution in [0.25, 0.3) is 11.1 Å². The van der Waals surface area contributed by atoms with Gasteiger partial charge in [-0.25, -0.2) is 0 Å². The topological polar surface area (TPSA) is 42.0 Å². The van der Waals surface area contributed by atoms with Gasteiger partial charge in [0.05, 0.1) is 0 Å². The molecule has 1 heterocycles. The maximum atomic E-state index is 12.0. The first-order chi connectivity index (χ1) is 9.66. The highest BCUT2D eigenvalue weighted by atomic mass is 16.1. The maximum Gasteiger partial charge on any atom is 0.251 e. The highest BCUT2D eigenvalue weighted by Crippen LogP contribution is 2.18. The summed E-state index contributed by atoms with van der Waals surface area (Å²) in [6.07, 6.45) is 4.57. The molecule has 2 rings (SSSR count). The minimum Gasteiger partial charge on any atom is -0.352 e. The van der Waals surface area contributed by atoms with Crippen LogP contribution < -0.4 is 5.32 Å².